The summed E-state index contributed by atoms with van der Waals surface area (Å²) >= 11 is 0. The van der Waals surface area contributed by atoms with E-state index in [2.05, 4.69) is 6.92 Å². The number of hydrogen-bond acceptors (Lipinski definition) is 6. The van der Waals surface area contributed by atoms with Gasteiger partial charge in [-0.1, -0.05) is 32.4 Å². The van der Waals surface area contributed by atoms with Crippen LogP contribution in [0.1, 0.15) is 53.4 Å². The molecule has 0 bridgehead atoms. The van der Waals surface area contributed by atoms with Gasteiger partial charge in [0.2, 0.25) is 5.78 Å². The molecule has 0 unspecified atom stereocenters. The average Bonchev–Trinajstić information content (AvgIpc) is 2.87. The van der Waals surface area contributed by atoms with Crippen molar-refractivity contribution in [3.05, 3.63) is 23.8 Å². The van der Waals surface area contributed by atoms with Crippen LogP contribution in [0.3, 0.4) is 0 Å². The van der Waals surface area contributed by atoms with E-state index in [1.54, 1.807) is 12.2 Å². The highest BCUT2D eigenvalue weighted by molar-refractivity contribution is 6.01. The Kier molecular flexibility index (Phi) is 4.90. The van der Waals surface area contributed by atoms with Gasteiger partial charge in [0, 0.05) is 23.7 Å². The molecule has 8 atom stereocenters. The second kappa shape index (κ2) is 6.86. The maximum Gasteiger partial charge on any atom is 0.303 e. The third-order valence-corrected chi connectivity index (χ3v) is 8.91. The molecule has 0 spiro atoms. The van der Waals surface area contributed by atoms with Gasteiger partial charge in [-0.15, -0.1) is 0 Å². The van der Waals surface area contributed by atoms with Crippen molar-refractivity contribution in [2.45, 2.75) is 65.1 Å². The number of esters is 1. The first-order valence-corrected chi connectivity index (χ1v) is 11.0. The minimum Gasteiger partial charge on any atom is -0.458 e. The quantitative estimate of drug-likeness (QED) is 0.685. The van der Waals surface area contributed by atoms with E-state index in [0.29, 0.717) is 12.8 Å². The third kappa shape index (κ3) is 2.72. The second-order valence-corrected chi connectivity index (χ2v) is 10.3. The molecular weight excluding hydrogens is 384 g/mol. The summed E-state index contributed by atoms with van der Waals surface area (Å²) in [5.74, 6) is -1.19. The second-order valence-electron chi connectivity index (χ2n) is 10.3. The summed E-state index contributed by atoms with van der Waals surface area (Å²) in [5.41, 5.74) is -1.75. The van der Waals surface area contributed by atoms with Gasteiger partial charge >= 0.3 is 5.97 Å². The molecule has 3 saturated carbocycles. The highest BCUT2D eigenvalue weighted by Gasteiger charge is 2.70. The molecule has 0 aliphatic heterocycles. The lowest BCUT2D eigenvalue weighted by molar-refractivity contribution is -0.185. The molecule has 2 N–H and O–H groups in total. The highest BCUT2D eigenvalue weighted by atomic mass is 16.5. The fraction of sp³-hybridized carbons (Fsp3) is 0.708. The van der Waals surface area contributed by atoms with Crippen LogP contribution >= 0.6 is 0 Å². The number of carbonyl (C=O) groups is 3. The molecule has 0 saturated heterocycles. The first-order chi connectivity index (χ1) is 13.9. The third-order valence-electron chi connectivity index (χ3n) is 8.91. The lowest BCUT2D eigenvalue weighted by Gasteiger charge is -2.59. The van der Waals surface area contributed by atoms with E-state index in [0.717, 1.165) is 18.4 Å². The summed E-state index contributed by atoms with van der Waals surface area (Å²) < 4.78 is 4.93. The van der Waals surface area contributed by atoms with Gasteiger partial charge in [0.25, 0.3) is 0 Å². The van der Waals surface area contributed by atoms with Crippen LogP contribution in [-0.2, 0) is 19.1 Å². The molecule has 0 amide bonds. The Labute approximate surface area is 177 Å². The topological polar surface area (TPSA) is 101 Å². The number of Topliss-reactive ketones (excluding diaryl/α,β-unsaturated/α-hetero) is 1. The SMILES string of the molecule is CC(=O)OCC(=O)[C@@]1(O)[C@H](C)C[C@@H]2[C@@H]3CCC4=CC(=O)C=C[C@]4(C)[C@@H]3[C@H](O)C[C@]21C. The summed E-state index contributed by atoms with van der Waals surface area (Å²) in [6.45, 7) is 6.69. The predicted octanol–water partition coefficient (Wildman–Crippen LogP) is 2.37. The van der Waals surface area contributed by atoms with Crippen LogP contribution in [0.5, 0.6) is 0 Å². The minimum absolute atomic E-state index is 0.00371. The average molecular weight is 417 g/mol. The Morgan fingerprint density at radius 3 is 2.67 bits per heavy atom. The van der Waals surface area contributed by atoms with Crippen LogP contribution < -0.4 is 0 Å². The molecule has 4 rings (SSSR count). The van der Waals surface area contributed by atoms with E-state index in [4.69, 9.17) is 4.74 Å². The molecule has 0 aromatic carbocycles. The molecule has 30 heavy (non-hydrogen) atoms. The fourth-order valence-electron chi connectivity index (χ4n) is 7.53. The number of allylic oxidation sites excluding steroid dienone is 4. The van der Waals surface area contributed by atoms with Crippen LogP contribution in [-0.4, -0.2) is 46.1 Å². The molecule has 4 aliphatic rings. The number of ether oxygens (including phenoxy) is 1. The summed E-state index contributed by atoms with van der Waals surface area (Å²) in [6.07, 6.45) is 7.15. The van der Waals surface area contributed by atoms with Gasteiger partial charge in [0.1, 0.15) is 5.60 Å². The normalized spacial score (nSPS) is 47.1. The van der Waals surface area contributed by atoms with Crippen molar-refractivity contribution in [2.24, 2.45) is 34.5 Å². The van der Waals surface area contributed by atoms with Crippen LogP contribution in [0.2, 0.25) is 0 Å². The van der Waals surface area contributed by atoms with Gasteiger partial charge in [-0.05, 0) is 55.6 Å². The maximum absolute atomic E-state index is 13.1. The number of fused-ring (bicyclic) bond motifs is 5. The zero-order chi connectivity index (χ0) is 22.1. The number of aliphatic hydroxyl groups is 2. The Bertz CT molecular complexity index is 858. The molecular formula is C24H32O6. The Morgan fingerprint density at radius 1 is 1.30 bits per heavy atom. The zero-order valence-electron chi connectivity index (χ0n) is 18.2. The van der Waals surface area contributed by atoms with E-state index in [1.165, 1.54) is 6.92 Å². The van der Waals surface area contributed by atoms with E-state index >= 15 is 0 Å². The molecule has 0 aromatic heterocycles. The van der Waals surface area contributed by atoms with E-state index in [1.807, 2.05) is 19.9 Å². The van der Waals surface area contributed by atoms with Gasteiger partial charge < -0.3 is 14.9 Å². The molecule has 6 heteroatoms. The lowest BCUT2D eigenvalue weighted by Crippen LogP contribution is -2.62. The standard InChI is InChI=1S/C24H32O6/c1-13-9-18-17-6-5-15-10-16(26)7-8-22(15,3)21(17)19(27)11-23(18,4)24(13,29)20(28)12-30-14(2)25/h7-8,10,13,17-19,21,27,29H,5-6,9,11-12H2,1-4H3/t13-,17+,18-,19-,21+,22+,23-,24+/m1/s1. The van der Waals surface area contributed by atoms with Crippen LogP contribution in [0.4, 0.5) is 0 Å². The summed E-state index contributed by atoms with van der Waals surface area (Å²) in [4.78, 5) is 36.2. The summed E-state index contributed by atoms with van der Waals surface area (Å²) in [6, 6.07) is 0. The van der Waals surface area contributed by atoms with Crippen LogP contribution in [0.25, 0.3) is 0 Å². The van der Waals surface area contributed by atoms with Crippen molar-refractivity contribution >= 4 is 17.5 Å². The number of ketones is 2. The largest absolute Gasteiger partial charge is 0.458 e. The van der Waals surface area contributed by atoms with Crippen LogP contribution in [0, 0.1) is 34.5 Å². The summed E-state index contributed by atoms with van der Waals surface area (Å²) in [5, 5.41) is 23.1. The number of rotatable bonds is 3. The molecule has 0 heterocycles. The Balaban J connectivity index is 1.70. The van der Waals surface area contributed by atoms with Crippen molar-refractivity contribution < 1.29 is 29.3 Å². The van der Waals surface area contributed by atoms with Crippen LogP contribution in [0.15, 0.2) is 23.8 Å². The Morgan fingerprint density at radius 2 is 2.00 bits per heavy atom. The minimum atomic E-state index is -1.64. The molecule has 6 nitrogen and oxygen atoms in total. The van der Waals surface area contributed by atoms with Gasteiger partial charge in [0.05, 0.1) is 6.10 Å². The zero-order valence-corrected chi connectivity index (χ0v) is 18.2. The lowest BCUT2D eigenvalue weighted by atomic mass is 9.46. The smallest absolute Gasteiger partial charge is 0.303 e. The van der Waals surface area contributed by atoms with Crippen molar-refractivity contribution in [1.29, 1.82) is 0 Å². The van der Waals surface area contributed by atoms with Crippen molar-refractivity contribution in [1.82, 2.24) is 0 Å². The van der Waals surface area contributed by atoms with Gasteiger partial charge in [-0.25, -0.2) is 0 Å². The van der Waals surface area contributed by atoms with Gasteiger partial charge in [-0.3, -0.25) is 14.4 Å². The van der Waals surface area contributed by atoms with E-state index < -0.39 is 35.5 Å². The fourth-order valence-corrected chi connectivity index (χ4v) is 7.53. The molecule has 0 aromatic rings. The molecule has 3 fully saturated rings. The molecule has 4 aliphatic carbocycles. The predicted molar refractivity (Wildman–Crippen MR) is 109 cm³/mol. The Hall–Kier alpha value is -1.79. The van der Waals surface area contributed by atoms with Gasteiger partial charge in [0.15, 0.2) is 12.4 Å². The monoisotopic (exact) mass is 416 g/mol. The van der Waals surface area contributed by atoms with E-state index in [-0.39, 0.29) is 34.9 Å². The molecule has 164 valence electrons. The highest BCUT2D eigenvalue weighted by Crippen LogP contribution is 2.68. The number of aliphatic hydroxyl groups excluding tert-OH is 1. The first kappa shape index (κ1) is 21.4. The van der Waals surface area contributed by atoms with Crippen molar-refractivity contribution in [3.63, 3.8) is 0 Å². The number of carbonyl (C=O) groups excluding carboxylic acids is 3. The van der Waals surface area contributed by atoms with E-state index in [9.17, 15) is 24.6 Å². The maximum atomic E-state index is 13.1. The van der Waals surface area contributed by atoms with Gasteiger partial charge in [-0.2, -0.15) is 0 Å². The summed E-state index contributed by atoms with van der Waals surface area (Å²) in [7, 11) is 0. The van der Waals surface area contributed by atoms with Crippen molar-refractivity contribution in [3.8, 4) is 0 Å². The molecule has 0 radical (unpaired) electrons. The number of hydrogen-bond donors (Lipinski definition) is 2. The van der Waals surface area contributed by atoms with Crippen molar-refractivity contribution in [2.75, 3.05) is 6.61 Å². The first-order valence-electron chi connectivity index (χ1n) is 11.0.